The third kappa shape index (κ3) is 5.32. The van der Waals surface area contributed by atoms with Gasteiger partial charge >= 0.3 is 0 Å². The minimum Gasteiger partial charge on any atom is -0.489 e. The summed E-state index contributed by atoms with van der Waals surface area (Å²) in [5, 5.41) is 2.95. The summed E-state index contributed by atoms with van der Waals surface area (Å²) in [6.07, 6.45) is 4.42. The largest absolute Gasteiger partial charge is 0.489 e. The van der Waals surface area contributed by atoms with Crippen LogP contribution in [0.2, 0.25) is 0 Å². The van der Waals surface area contributed by atoms with Crippen LogP contribution >= 0.6 is 0 Å². The van der Waals surface area contributed by atoms with Crippen LogP contribution in [0.25, 0.3) is 0 Å². The van der Waals surface area contributed by atoms with E-state index in [1.807, 2.05) is 78.9 Å². The molecule has 4 nitrogen and oxygen atoms in total. The van der Waals surface area contributed by atoms with E-state index in [2.05, 4.69) is 10.3 Å². The van der Waals surface area contributed by atoms with Crippen LogP contribution < -0.4 is 10.1 Å². The van der Waals surface area contributed by atoms with Crippen LogP contribution in [0.5, 0.6) is 5.75 Å². The SMILES string of the molecule is O=C(Nc1ccc(Cc2ccncc2)cc1)c1cccc(OCc2ccccc2)c1. The molecule has 0 aliphatic heterocycles. The van der Waals surface area contributed by atoms with Crippen molar-refractivity contribution in [1.29, 1.82) is 0 Å². The van der Waals surface area contributed by atoms with E-state index >= 15 is 0 Å². The van der Waals surface area contributed by atoms with Crippen molar-refractivity contribution >= 4 is 11.6 Å². The molecule has 1 heterocycles. The molecule has 4 aromatic rings. The van der Waals surface area contributed by atoms with E-state index in [1.165, 1.54) is 11.1 Å². The molecular formula is C26H22N2O2. The van der Waals surface area contributed by atoms with E-state index < -0.39 is 0 Å². The zero-order chi connectivity index (χ0) is 20.6. The second-order valence-corrected chi connectivity index (χ2v) is 6.99. The molecule has 1 aromatic heterocycles. The van der Waals surface area contributed by atoms with Crippen molar-refractivity contribution in [3.05, 3.63) is 126 Å². The first kappa shape index (κ1) is 19.4. The third-order valence-corrected chi connectivity index (χ3v) is 4.71. The van der Waals surface area contributed by atoms with Crippen LogP contribution in [0.1, 0.15) is 27.0 Å². The van der Waals surface area contributed by atoms with Crippen LogP contribution in [0.15, 0.2) is 103 Å². The summed E-state index contributed by atoms with van der Waals surface area (Å²) in [5.74, 6) is 0.501. The van der Waals surface area contributed by atoms with Gasteiger partial charge in [-0.15, -0.1) is 0 Å². The summed E-state index contributed by atoms with van der Waals surface area (Å²) in [6, 6.07) is 29.1. The van der Waals surface area contributed by atoms with Gasteiger partial charge in [-0.05, 0) is 65.6 Å². The molecule has 3 aromatic carbocycles. The third-order valence-electron chi connectivity index (χ3n) is 4.71. The predicted octanol–water partition coefficient (Wildman–Crippen LogP) is 5.50. The van der Waals surface area contributed by atoms with Crippen LogP contribution in [-0.2, 0) is 13.0 Å². The van der Waals surface area contributed by atoms with Gasteiger partial charge < -0.3 is 10.1 Å². The lowest BCUT2D eigenvalue weighted by Crippen LogP contribution is -2.12. The topological polar surface area (TPSA) is 51.2 Å². The molecule has 30 heavy (non-hydrogen) atoms. The molecule has 148 valence electrons. The molecule has 0 saturated carbocycles. The Morgan fingerprint density at radius 3 is 2.27 bits per heavy atom. The Labute approximate surface area is 176 Å². The van der Waals surface area contributed by atoms with E-state index in [0.29, 0.717) is 17.9 Å². The number of ether oxygens (including phenoxy) is 1. The van der Waals surface area contributed by atoms with Crippen LogP contribution in [0, 0.1) is 0 Å². The van der Waals surface area contributed by atoms with Gasteiger partial charge in [0.2, 0.25) is 0 Å². The summed E-state index contributed by atoms with van der Waals surface area (Å²) in [4.78, 5) is 16.7. The monoisotopic (exact) mass is 394 g/mol. The summed E-state index contributed by atoms with van der Waals surface area (Å²) in [6.45, 7) is 0.463. The van der Waals surface area contributed by atoms with Crippen molar-refractivity contribution in [2.45, 2.75) is 13.0 Å². The average molecular weight is 394 g/mol. The van der Waals surface area contributed by atoms with Gasteiger partial charge in [-0.25, -0.2) is 0 Å². The molecule has 0 saturated heterocycles. The Morgan fingerprint density at radius 2 is 1.50 bits per heavy atom. The molecule has 1 N–H and O–H groups in total. The van der Waals surface area contributed by atoms with Gasteiger partial charge in [0.05, 0.1) is 0 Å². The van der Waals surface area contributed by atoms with Crippen molar-refractivity contribution in [3.8, 4) is 5.75 Å². The quantitative estimate of drug-likeness (QED) is 0.450. The average Bonchev–Trinajstić information content (AvgIpc) is 2.80. The highest BCUT2D eigenvalue weighted by Crippen LogP contribution is 2.18. The first-order chi connectivity index (χ1) is 14.8. The minimum absolute atomic E-state index is 0.165. The molecule has 0 aliphatic rings. The van der Waals surface area contributed by atoms with Gasteiger partial charge in [-0.1, -0.05) is 48.5 Å². The molecule has 4 heteroatoms. The number of anilines is 1. The van der Waals surface area contributed by atoms with Crippen LogP contribution in [0.3, 0.4) is 0 Å². The number of hydrogen-bond donors (Lipinski definition) is 1. The first-order valence-corrected chi connectivity index (χ1v) is 9.82. The van der Waals surface area contributed by atoms with Crippen molar-refractivity contribution in [3.63, 3.8) is 0 Å². The summed E-state index contributed by atoms with van der Waals surface area (Å²) in [5.41, 5.74) is 4.78. The molecule has 0 radical (unpaired) electrons. The molecule has 0 unspecified atom stereocenters. The van der Waals surface area contributed by atoms with E-state index in [4.69, 9.17) is 4.74 Å². The predicted molar refractivity (Wildman–Crippen MR) is 119 cm³/mol. The van der Waals surface area contributed by atoms with Crippen molar-refractivity contribution in [2.24, 2.45) is 0 Å². The number of benzene rings is 3. The van der Waals surface area contributed by atoms with E-state index in [-0.39, 0.29) is 5.91 Å². The first-order valence-electron chi connectivity index (χ1n) is 9.82. The zero-order valence-corrected chi connectivity index (χ0v) is 16.5. The van der Waals surface area contributed by atoms with E-state index in [1.54, 1.807) is 24.5 Å². The van der Waals surface area contributed by atoms with Gasteiger partial charge in [0.1, 0.15) is 12.4 Å². The molecule has 0 bridgehead atoms. The lowest BCUT2D eigenvalue weighted by molar-refractivity contribution is 0.102. The van der Waals surface area contributed by atoms with Crippen molar-refractivity contribution < 1.29 is 9.53 Å². The fraction of sp³-hybridized carbons (Fsp3) is 0.0769. The number of carbonyl (C=O) groups excluding carboxylic acids is 1. The minimum atomic E-state index is -0.165. The number of nitrogens with one attached hydrogen (secondary N) is 1. The Kier molecular flexibility index (Phi) is 6.16. The summed E-state index contributed by atoms with van der Waals surface area (Å²) >= 11 is 0. The lowest BCUT2D eigenvalue weighted by Gasteiger charge is -2.09. The molecular weight excluding hydrogens is 372 g/mol. The van der Waals surface area contributed by atoms with Crippen molar-refractivity contribution in [1.82, 2.24) is 4.98 Å². The Balaban J connectivity index is 1.36. The number of rotatable bonds is 7. The van der Waals surface area contributed by atoms with Crippen molar-refractivity contribution in [2.75, 3.05) is 5.32 Å². The normalized spacial score (nSPS) is 10.4. The second kappa shape index (κ2) is 9.52. The molecule has 0 aliphatic carbocycles. The van der Waals surface area contributed by atoms with Crippen LogP contribution in [-0.4, -0.2) is 10.9 Å². The number of carbonyl (C=O) groups is 1. The summed E-state index contributed by atoms with van der Waals surface area (Å²) < 4.78 is 5.82. The van der Waals surface area contributed by atoms with Gasteiger partial charge in [0.25, 0.3) is 5.91 Å². The van der Waals surface area contributed by atoms with Gasteiger partial charge in [0, 0.05) is 23.6 Å². The molecule has 0 spiro atoms. The van der Waals surface area contributed by atoms with Crippen LogP contribution in [0.4, 0.5) is 5.69 Å². The number of hydrogen-bond acceptors (Lipinski definition) is 3. The highest BCUT2D eigenvalue weighted by molar-refractivity contribution is 6.04. The fourth-order valence-electron chi connectivity index (χ4n) is 3.11. The second-order valence-electron chi connectivity index (χ2n) is 6.99. The Morgan fingerprint density at radius 1 is 0.767 bits per heavy atom. The van der Waals surface area contributed by atoms with E-state index in [9.17, 15) is 4.79 Å². The molecule has 1 amide bonds. The lowest BCUT2D eigenvalue weighted by atomic mass is 10.1. The number of pyridine rings is 1. The number of nitrogens with zero attached hydrogens (tertiary/aromatic N) is 1. The zero-order valence-electron chi connectivity index (χ0n) is 16.5. The smallest absolute Gasteiger partial charge is 0.255 e. The van der Waals surface area contributed by atoms with Gasteiger partial charge in [-0.2, -0.15) is 0 Å². The molecule has 4 rings (SSSR count). The maximum absolute atomic E-state index is 12.6. The fourth-order valence-corrected chi connectivity index (χ4v) is 3.11. The number of amides is 1. The van der Waals surface area contributed by atoms with E-state index in [0.717, 1.165) is 17.7 Å². The molecule has 0 fully saturated rings. The van der Waals surface area contributed by atoms with Gasteiger partial charge in [0.15, 0.2) is 0 Å². The summed E-state index contributed by atoms with van der Waals surface area (Å²) in [7, 11) is 0. The Bertz CT molecular complexity index is 1090. The number of aromatic nitrogens is 1. The molecule has 0 atom stereocenters. The highest BCUT2D eigenvalue weighted by Gasteiger charge is 2.08. The highest BCUT2D eigenvalue weighted by atomic mass is 16.5. The standard InChI is InChI=1S/C26H22N2O2/c29-26(23-7-4-8-25(18-23)30-19-22-5-2-1-3-6-22)28-24-11-9-20(10-12-24)17-21-13-15-27-16-14-21/h1-16,18H,17,19H2,(H,28,29). The maximum atomic E-state index is 12.6. The maximum Gasteiger partial charge on any atom is 0.255 e. The van der Waals surface area contributed by atoms with Gasteiger partial charge in [-0.3, -0.25) is 9.78 Å². The Hall–Kier alpha value is -3.92.